The van der Waals surface area contributed by atoms with Crippen molar-refractivity contribution in [3.8, 4) is 55.6 Å². The van der Waals surface area contributed by atoms with Crippen LogP contribution in [0.2, 0.25) is 0 Å². The lowest BCUT2D eigenvalue weighted by molar-refractivity contribution is -0.144. The quantitative estimate of drug-likeness (QED) is 0.0536. The normalized spacial score (nSPS) is 15.5. The summed E-state index contributed by atoms with van der Waals surface area (Å²) in [6.45, 7) is 10.6. The van der Waals surface area contributed by atoms with Gasteiger partial charge in [-0.05, 0) is 121 Å². The summed E-state index contributed by atoms with van der Waals surface area (Å²) < 4.78 is 27.1. The molecular weight excluding hydrogens is 904 g/mol. The molecule has 4 aromatic carbocycles. The van der Waals surface area contributed by atoms with E-state index in [0.717, 1.165) is 66.5 Å². The van der Waals surface area contributed by atoms with Gasteiger partial charge in [-0.25, -0.2) is 14.4 Å². The van der Waals surface area contributed by atoms with Crippen LogP contribution >= 0.6 is 11.3 Å². The first-order chi connectivity index (χ1) is 33.7. The van der Waals surface area contributed by atoms with Crippen LogP contribution in [0, 0.1) is 12.3 Å². The van der Waals surface area contributed by atoms with Crippen molar-refractivity contribution < 1.29 is 33.0 Å². The van der Waals surface area contributed by atoms with Crippen LogP contribution in [0.3, 0.4) is 0 Å². The van der Waals surface area contributed by atoms with Crippen molar-refractivity contribution in [3.05, 3.63) is 125 Å². The van der Waals surface area contributed by atoms with Crippen molar-refractivity contribution in [1.29, 1.82) is 0 Å². The number of amides is 4. The molecule has 3 heterocycles. The first-order valence-corrected chi connectivity index (χ1v) is 24.9. The monoisotopic (exact) mass is 964 g/mol. The number of methoxy groups -OCH3 is 1. The molecule has 0 radical (unpaired) electrons. The average Bonchev–Trinajstić information content (AvgIpc) is 3.69. The number of hydrogen-bond acceptors (Lipinski definition) is 9. The number of ether oxygens (including phenoxy) is 2. The van der Waals surface area contributed by atoms with Crippen molar-refractivity contribution in [2.75, 3.05) is 25.6 Å². The van der Waals surface area contributed by atoms with Gasteiger partial charge in [-0.1, -0.05) is 94.4 Å². The second-order valence-electron chi connectivity index (χ2n) is 19.1. The van der Waals surface area contributed by atoms with Gasteiger partial charge in [0.1, 0.15) is 12.1 Å². The van der Waals surface area contributed by atoms with Gasteiger partial charge < -0.3 is 30.3 Å². The van der Waals surface area contributed by atoms with E-state index in [1.807, 2.05) is 118 Å². The van der Waals surface area contributed by atoms with E-state index in [0.29, 0.717) is 68.9 Å². The average molecular weight is 965 g/mol. The molecule has 6 aromatic rings. The van der Waals surface area contributed by atoms with E-state index < -0.39 is 29.1 Å². The number of nitrogens with zero attached hydrogens (tertiary/aromatic N) is 3. The maximum atomic E-state index is 14.7. The van der Waals surface area contributed by atoms with E-state index in [2.05, 4.69) is 40.0 Å². The topological polar surface area (TPSA) is 152 Å². The number of aryl methyl sites for hydroxylation is 2. The van der Waals surface area contributed by atoms with E-state index in [1.165, 1.54) is 0 Å². The summed E-state index contributed by atoms with van der Waals surface area (Å²) in [6, 6.07) is 30.3. The van der Waals surface area contributed by atoms with E-state index in [1.54, 1.807) is 23.3 Å². The van der Waals surface area contributed by atoms with Gasteiger partial charge in [0.15, 0.2) is 17.2 Å². The Morgan fingerprint density at radius 1 is 0.929 bits per heavy atom. The first kappa shape index (κ1) is 49.5. The van der Waals surface area contributed by atoms with Crippen LogP contribution in [0.4, 0.5) is 10.1 Å². The van der Waals surface area contributed by atoms with Crippen LogP contribution in [0.25, 0.3) is 44.1 Å². The maximum Gasteiger partial charge on any atom is 0.258 e. The van der Waals surface area contributed by atoms with Crippen molar-refractivity contribution in [3.63, 3.8) is 0 Å². The molecule has 12 nitrogen and oxygen atoms in total. The van der Waals surface area contributed by atoms with Crippen LogP contribution in [0.1, 0.15) is 82.2 Å². The van der Waals surface area contributed by atoms with E-state index in [4.69, 9.17) is 14.5 Å². The predicted molar refractivity (Wildman–Crippen MR) is 273 cm³/mol. The number of alkyl halides is 1. The van der Waals surface area contributed by atoms with Crippen LogP contribution in [-0.4, -0.2) is 77.0 Å². The Kier molecular flexibility index (Phi) is 15.1. The zero-order valence-corrected chi connectivity index (χ0v) is 41.5. The van der Waals surface area contributed by atoms with Gasteiger partial charge in [0.05, 0.1) is 41.2 Å². The molecule has 364 valence electrons. The fourth-order valence-electron chi connectivity index (χ4n) is 9.21. The number of rotatable bonds is 19. The van der Waals surface area contributed by atoms with Gasteiger partial charge in [-0.2, -0.15) is 0 Å². The summed E-state index contributed by atoms with van der Waals surface area (Å²) in [6.07, 6.45) is 4.09. The standard InChI is InChI=1S/C56H61FN6O6S/c1-7-41-43(31-45(36-15-9-8-10-16-36)61-49(41)42-18-11-12-19-44(42)59-33-64)38-23-24-47(48(30-38)68-6)69-28-14-17-37-29-39(50-35(2)60-34-70-50)21-22-40(37)32-58-52(65)46-20-13-27-63(46)53(66)51(55(3,4)5)62-54(67)56(57)25-26-56/h8-12,15-16,18-19,21-24,29-31,33-34,46,51H,7,13-14,17,20,25-28,32H2,1-6H3,(H,58,65)(H,59,64)(H,62,67). The van der Waals surface area contributed by atoms with Crippen molar-refractivity contribution in [1.82, 2.24) is 25.5 Å². The summed E-state index contributed by atoms with van der Waals surface area (Å²) in [7, 11) is 1.63. The van der Waals surface area contributed by atoms with Crippen LogP contribution in [0.5, 0.6) is 11.5 Å². The Hall–Kier alpha value is -6.93. The van der Waals surface area contributed by atoms with Gasteiger partial charge in [0, 0.05) is 29.9 Å². The Labute approximate surface area is 413 Å². The van der Waals surface area contributed by atoms with Crippen LogP contribution < -0.4 is 25.4 Å². The summed E-state index contributed by atoms with van der Waals surface area (Å²) in [4.78, 5) is 64.6. The van der Waals surface area contributed by atoms with Gasteiger partial charge in [0.25, 0.3) is 5.91 Å². The van der Waals surface area contributed by atoms with E-state index in [9.17, 15) is 23.6 Å². The molecular formula is C56H61FN6O6S. The summed E-state index contributed by atoms with van der Waals surface area (Å²) in [5.74, 6) is -0.227. The number of carbonyl (C=O) groups is 4. The fourth-order valence-corrected chi connectivity index (χ4v) is 10.0. The highest BCUT2D eigenvalue weighted by molar-refractivity contribution is 7.13. The zero-order valence-electron chi connectivity index (χ0n) is 40.7. The minimum absolute atomic E-state index is 0.147. The van der Waals surface area contributed by atoms with Crippen molar-refractivity contribution in [2.45, 2.75) is 104 Å². The lowest BCUT2D eigenvalue weighted by Gasteiger charge is -2.35. The molecule has 0 bridgehead atoms. The number of hydrogen-bond donors (Lipinski definition) is 3. The molecule has 2 unspecified atom stereocenters. The highest BCUT2D eigenvalue weighted by Crippen LogP contribution is 2.42. The molecule has 1 saturated heterocycles. The van der Waals surface area contributed by atoms with Gasteiger partial charge in [0.2, 0.25) is 18.2 Å². The summed E-state index contributed by atoms with van der Waals surface area (Å²) in [5.41, 5.74) is 10.2. The molecule has 2 fully saturated rings. The number of thiazole rings is 1. The Bertz CT molecular complexity index is 2880. The SMILES string of the molecule is CCc1c(-c2ccc(OCCCc3cc(-c4scnc4C)ccc3CNC(=O)C3CCCN3C(=O)C(NC(=O)C3(F)CC3)C(C)(C)C)c(OC)c2)cc(-c2ccccc2)nc1-c1ccccc1NC=O. The lowest BCUT2D eigenvalue weighted by atomic mass is 9.85. The minimum Gasteiger partial charge on any atom is -0.493 e. The van der Waals surface area contributed by atoms with E-state index >= 15 is 0 Å². The smallest absolute Gasteiger partial charge is 0.258 e. The molecule has 1 aliphatic carbocycles. The van der Waals surface area contributed by atoms with Crippen molar-refractivity contribution >= 4 is 41.2 Å². The third-order valence-electron chi connectivity index (χ3n) is 13.3. The number of aromatic nitrogens is 2. The molecule has 8 rings (SSSR count). The molecule has 70 heavy (non-hydrogen) atoms. The highest BCUT2D eigenvalue weighted by Gasteiger charge is 2.53. The van der Waals surface area contributed by atoms with E-state index in [-0.39, 0.29) is 31.2 Å². The molecule has 3 N–H and O–H groups in total. The number of nitrogens with one attached hydrogen (secondary N) is 3. The molecule has 14 heteroatoms. The first-order valence-electron chi connectivity index (χ1n) is 24.0. The Balaban J connectivity index is 0.989. The maximum absolute atomic E-state index is 14.7. The number of benzene rings is 4. The predicted octanol–water partition coefficient (Wildman–Crippen LogP) is 10.3. The second kappa shape index (κ2) is 21.4. The van der Waals surface area contributed by atoms with Gasteiger partial charge in [-0.3, -0.25) is 19.2 Å². The summed E-state index contributed by atoms with van der Waals surface area (Å²) in [5, 5.41) is 8.66. The van der Waals surface area contributed by atoms with Crippen molar-refractivity contribution in [2.24, 2.45) is 5.41 Å². The van der Waals surface area contributed by atoms with Crippen LogP contribution in [-0.2, 0) is 38.6 Å². The molecule has 1 aliphatic heterocycles. The second-order valence-corrected chi connectivity index (χ2v) is 20.0. The Morgan fingerprint density at radius 2 is 1.69 bits per heavy atom. The number of halogens is 1. The number of pyridine rings is 1. The zero-order chi connectivity index (χ0) is 49.6. The molecule has 4 amide bonds. The largest absolute Gasteiger partial charge is 0.493 e. The van der Waals surface area contributed by atoms with Gasteiger partial charge in [-0.15, -0.1) is 11.3 Å². The number of carbonyl (C=O) groups excluding carboxylic acids is 4. The Morgan fingerprint density at radius 3 is 2.39 bits per heavy atom. The highest BCUT2D eigenvalue weighted by atomic mass is 32.1. The molecule has 2 aromatic heterocycles. The molecule has 2 atom stereocenters. The molecule has 1 saturated carbocycles. The number of likely N-dealkylation sites (tertiary alicyclic amines) is 1. The minimum atomic E-state index is -1.92. The molecule has 0 spiro atoms. The van der Waals surface area contributed by atoms with Gasteiger partial charge >= 0.3 is 0 Å². The number of anilines is 1. The third kappa shape index (κ3) is 10.9. The number of para-hydroxylation sites is 1. The van der Waals surface area contributed by atoms with Crippen LogP contribution in [0.15, 0.2) is 103 Å². The fraction of sp³-hybridized carbons (Fsp3) is 0.357. The summed E-state index contributed by atoms with van der Waals surface area (Å²) >= 11 is 1.58. The third-order valence-corrected chi connectivity index (χ3v) is 14.2. The molecule has 2 aliphatic rings. The lowest BCUT2D eigenvalue weighted by Crippen LogP contribution is -2.58.